The lowest BCUT2D eigenvalue weighted by atomic mass is 10.0. The molecule has 1 aliphatic rings. The van der Waals surface area contributed by atoms with E-state index in [0.717, 1.165) is 4.68 Å². The van der Waals surface area contributed by atoms with Crippen LogP contribution >= 0.6 is 0 Å². The Hall–Kier alpha value is -3.16. The number of halogens is 3. The second-order valence-corrected chi connectivity index (χ2v) is 6.13. The molecule has 0 fully saturated rings. The van der Waals surface area contributed by atoms with Crippen LogP contribution in [-0.4, -0.2) is 21.7 Å². The zero-order chi connectivity index (χ0) is 19.0. The van der Waals surface area contributed by atoms with Crippen LogP contribution in [0, 0.1) is 6.20 Å². The van der Waals surface area contributed by atoms with Crippen molar-refractivity contribution < 1.29 is 27.8 Å². The van der Waals surface area contributed by atoms with Gasteiger partial charge in [0.25, 0.3) is 0 Å². The van der Waals surface area contributed by atoms with Crippen molar-refractivity contribution in [2.24, 2.45) is 0 Å². The average molecular weight is 375 g/mol. The van der Waals surface area contributed by atoms with Crippen LogP contribution in [-0.2, 0) is 19.1 Å². The minimum Gasteiger partial charge on any atom is -0.508 e. The molecule has 1 N–H and O–H groups in total. The molecule has 1 aromatic heterocycles. The molecule has 0 amide bonds. The summed E-state index contributed by atoms with van der Waals surface area (Å²) < 4.78 is 51.8. The van der Waals surface area contributed by atoms with Crippen molar-refractivity contribution in [2.45, 2.75) is 19.1 Å². The van der Waals surface area contributed by atoms with E-state index in [-0.39, 0.29) is 31.1 Å². The summed E-state index contributed by atoms with van der Waals surface area (Å²) in [5, 5.41) is 13.2. The minimum absolute atomic E-state index is 0.00548. The third kappa shape index (κ3) is 3.69. The second-order valence-electron chi connectivity index (χ2n) is 6.13. The van der Waals surface area contributed by atoms with Crippen LogP contribution in [0.3, 0.4) is 0 Å². The Morgan fingerprint density at radius 2 is 1.89 bits per heavy atom. The van der Waals surface area contributed by atoms with Gasteiger partial charge in [-0.3, -0.25) is 4.68 Å². The van der Waals surface area contributed by atoms with Crippen LogP contribution in [0.15, 0.2) is 42.5 Å². The molecular formula is C19H14F3N2O3. The van der Waals surface area contributed by atoms with Crippen molar-refractivity contribution in [3.8, 4) is 17.2 Å². The first-order valence-electron chi connectivity index (χ1n) is 8.11. The molecule has 0 unspecified atom stereocenters. The van der Waals surface area contributed by atoms with E-state index in [9.17, 15) is 18.3 Å². The van der Waals surface area contributed by atoms with Crippen molar-refractivity contribution in [1.82, 2.24) is 9.78 Å². The van der Waals surface area contributed by atoms with Gasteiger partial charge in [-0.1, -0.05) is 18.2 Å². The van der Waals surface area contributed by atoms with Gasteiger partial charge in [-0.15, -0.1) is 0 Å². The van der Waals surface area contributed by atoms with E-state index in [1.807, 2.05) is 0 Å². The van der Waals surface area contributed by atoms with Gasteiger partial charge in [0.2, 0.25) is 6.79 Å². The van der Waals surface area contributed by atoms with Gasteiger partial charge in [-0.2, -0.15) is 18.3 Å². The molecule has 8 heteroatoms. The number of rotatable bonds is 4. The molecule has 27 heavy (non-hydrogen) atoms. The van der Waals surface area contributed by atoms with Gasteiger partial charge in [-0.25, -0.2) is 0 Å². The van der Waals surface area contributed by atoms with Gasteiger partial charge in [0.1, 0.15) is 5.75 Å². The van der Waals surface area contributed by atoms with Crippen LogP contribution in [0.4, 0.5) is 13.2 Å². The smallest absolute Gasteiger partial charge is 0.435 e. The highest BCUT2D eigenvalue weighted by Crippen LogP contribution is 2.35. The number of phenols is 1. The van der Waals surface area contributed by atoms with Crippen molar-refractivity contribution in [2.75, 3.05) is 6.79 Å². The molecule has 0 atom stereocenters. The number of ether oxygens (including phenoxy) is 2. The van der Waals surface area contributed by atoms with E-state index in [2.05, 4.69) is 11.3 Å². The van der Waals surface area contributed by atoms with Crippen LogP contribution in [0.2, 0.25) is 0 Å². The monoisotopic (exact) mass is 375 g/mol. The third-order valence-electron chi connectivity index (χ3n) is 4.10. The zero-order valence-corrected chi connectivity index (χ0v) is 14.0. The number of alkyl halides is 3. The maximum absolute atomic E-state index is 13.4. The highest BCUT2D eigenvalue weighted by molar-refractivity contribution is 5.45. The zero-order valence-electron chi connectivity index (χ0n) is 14.0. The Labute approximate surface area is 152 Å². The highest BCUT2D eigenvalue weighted by atomic mass is 19.4. The van der Waals surface area contributed by atoms with Gasteiger partial charge in [-0.05, 0) is 35.4 Å². The largest absolute Gasteiger partial charge is 0.508 e. The van der Waals surface area contributed by atoms with E-state index < -0.39 is 11.9 Å². The summed E-state index contributed by atoms with van der Waals surface area (Å²) in [4.78, 5) is 0. The summed E-state index contributed by atoms with van der Waals surface area (Å²) in [6.07, 6.45) is -1.88. The fourth-order valence-corrected chi connectivity index (χ4v) is 2.92. The normalized spacial score (nSPS) is 13.1. The Bertz CT molecular complexity index is 983. The molecule has 0 bridgehead atoms. The lowest BCUT2D eigenvalue weighted by molar-refractivity contribution is -0.142. The van der Waals surface area contributed by atoms with Crippen LogP contribution < -0.4 is 9.47 Å². The number of hydrogen-bond acceptors (Lipinski definition) is 4. The maximum atomic E-state index is 13.4. The SMILES string of the molecule is Oc1cccc(Cn2[c]c(Cc3ccc4c(c3)OCO4)c(C(F)(F)F)n2)c1. The van der Waals surface area contributed by atoms with Gasteiger partial charge >= 0.3 is 6.18 Å². The average Bonchev–Trinajstić information content (AvgIpc) is 3.21. The molecule has 4 rings (SSSR count). The molecule has 0 saturated carbocycles. The van der Waals surface area contributed by atoms with Crippen LogP contribution in [0.1, 0.15) is 22.4 Å². The maximum Gasteiger partial charge on any atom is 0.435 e. The molecule has 0 spiro atoms. The van der Waals surface area contributed by atoms with Crippen LogP contribution in [0.5, 0.6) is 17.2 Å². The van der Waals surface area contributed by atoms with Crippen LogP contribution in [0.25, 0.3) is 0 Å². The van der Waals surface area contributed by atoms with Gasteiger partial charge in [0, 0.05) is 12.0 Å². The highest BCUT2D eigenvalue weighted by Gasteiger charge is 2.37. The molecule has 0 saturated heterocycles. The number of hydrogen-bond donors (Lipinski definition) is 1. The lowest BCUT2D eigenvalue weighted by Gasteiger charge is -2.06. The number of benzene rings is 2. The Morgan fingerprint density at radius 1 is 1.07 bits per heavy atom. The number of aromatic hydroxyl groups is 1. The first kappa shape index (κ1) is 17.3. The Balaban J connectivity index is 1.63. The summed E-state index contributed by atoms with van der Waals surface area (Å²) >= 11 is 0. The molecule has 1 radical (unpaired) electrons. The van der Waals surface area contributed by atoms with Crippen molar-refractivity contribution in [1.29, 1.82) is 0 Å². The summed E-state index contributed by atoms with van der Waals surface area (Å²) in [6, 6.07) is 11.3. The quantitative estimate of drug-likeness (QED) is 0.754. The topological polar surface area (TPSA) is 56.5 Å². The van der Waals surface area contributed by atoms with Gasteiger partial charge < -0.3 is 14.6 Å². The molecule has 2 aromatic carbocycles. The van der Waals surface area contributed by atoms with Gasteiger partial charge in [0.05, 0.1) is 12.7 Å². The Kier molecular flexibility index (Phi) is 4.18. The second kappa shape index (κ2) is 6.53. The number of phenolic OH excluding ortho intramolecular Hbond substituents is 1. The summed E-state index contributed by atoms with van der Waals surface area (Å²) in [6.45, 7) is 0.166. The fraction of sp³-hybridized carbons (Fsp3) is 0.211. The predicted octanol–water partition coefficient (Wildman–Crippen LogP) is 3.78. The van der Waals surface area contributed by atoms with Crippen molar-refractivity contribution >= 4 is 0 Å². The van der Waals surface area contributed by atoms with Gasteiger partial charge in [0.15, 0.2) is 17.2 Å². The fourth-order valence-electron chi connectivity index (χ4n) is 2.92. The Morgan fingerprint density at radius 3 is 2.67 bits per heavy atom. The van der Waals surface area contributed by atoms with E-state index in [0.29, 0.717) is 22.6 Å². The standard InChI is InChI=1S/C19H14F3N2O3/c20-19(21,22)18-14(6-12-4-5-16-17(8-12)27-11-26-16)10-24(23-18)9-13-2-1-3-15(25)7-13/h1-5,7-8,25H,6,9,11H2. The summed E-state index contributed by atoms with van der Waals surface area (Å²) in [7, 11) is 0. The van der Waals surface area contributed by atoms with E-state index in [1.54, 1.807) is 30.3 Å². The molecular weight excluding hydrogens is 361 g/mol. The lowest BCUT2D eigenvalue weighted by Crippen LogP contribution is -2.10. The number of nitrogens with zero attached hydrogens (tertiary/aromatic N) is 2. The van der Waals surface area contributed by atoms with E-state index in [1.165, 1.54) is 12.1 Å². The van der Waals surface area contributed by atoms with E-state index >= 15 is 0 Å². The number of aromatic nitrogens is 2. The first-order chi connectivity index (χ1) is 12.9. The molecule has 1 aliphatic heterocycles. The molecule has 3 aromatic rings. The minimum atomic E-state index is -4.59. The third-order valence-corrected chi connectivity index (χ3v) is 4.10. The first-order valence-corrected chi connectivity index (χ1v) is 8.11. The summed E-state index contributed by atoms with van der Waals surface area (Å²) in [5.41, 5.74) is 0.233. The predicted molar refractivity (Wildman–Crippen MR) is 88.6 cm³/mol. The molecule has 0 aliphatic carbocycles. The van der Waals surface area contributed by atoms with E-state index in [4.69, 9.17) is 9.47 Å². The van der Waals surface area contributed by atoms with Crippen molar-refractivity contribution in [3.63, 3.8) is 0 Å². The van der Waals surface area contributed by atoms with Crippen molar-refractivity contribution in [3.05, 3.63) is 71.0 Å². The molecule has 5 nitrogen and oxygen atoms in total. The molecule has 139 valence electrons. The number of fused-ring (bicyclic) bond motifs is 1. The summed E-state index contributed by atoms with van der Waals surface area (Å²) in [5.74, 6) is 1.11. The molecule has 2 heterocycles.